The van der Waals surface area contributed by atoms with Crippen LogP contribution in [0.2, 0.25) is 0 Å². The van der Waals surface area contributed by atoms with Crippen LogP contribution in [0.15, 0.2) is 89.8 Å². The van der Waals surface area contributed by atoms with Gasteiger partial charge in [0.25, 0.3) is 0 Å². The third-order valence-corrected chi connectivity index (χ3v) is 9.33. The molecule has 0 fully saturated rings. The molecule has 2 N–H and O–H groups in total. The van der Waals surface area contributed by atoms with E-state index >= 15 is 0 Å². The molecule has 2 atom stereocenters. The average molecular weight is 571 g/mol. The Morgan fingerprint density at radius 2 is 1.68 bits per heavy atom. The number of benzene rings is 3. The second kappa shape index (κ2) is 12.5. The fourth-order valence-corrected chi connectivity index (χ4v) is 7.47. The predicted octanol–water partition coefficient (Wildman–Crippen LogP) is 7.24. The largest absolute Gasteiger partial charge is 0.465 e. The molecular formula is C32H30N2O4S2. The number of thioether (sulfide) groups is 1. The van der Waals surface area contributed by atoms with Gasteiger partial charge in [-0.1, -0.05) is 66.7 Å². The molecule has 1 heterocycles. The molecule has 0 saturated carbocycles. The molecule has 40 heavy (non-hydrogen) atoms. The number of hydrogen-bond donors (Lipinski definition) is 2. The molecule has 2 amide bonds. The topological polar surface area (TPSA) is 84.5 Å². The minimum atomic E-state index is -0.588. The molecule has 1 aromatic heterocycles. The SMILES string of the molecule is COC(=O)c1c(NC(=O)C(Sc2cccc(NC(C)=O)c2)c2ccccc2)sc2c1CCC(c1ccccc1)C2. The van der Waals surface area contributed by atoms with Crippen molar-refractivity contribution >= 4 is 51.6 Å². The summed E-state index contributed by atoms with van der Waals surface area (Å²) in [6.07, 6.45) is 2.49. The van der Waals surface area contributed by atoms with E-state index in [4.69, 9.17) is 4.74 Å². The second-order valence-corrected chi connectivity index (χ2v) is 11.9. The maximum absolute atomic E-state index is 13.9. The number of carbonyl (C=O) groups excluding carboxylic acids is 3. The number of hydrogen-bond acceptors (Lipinski definition) is 6. The van der Waals surface area contributed by atoms with Crippen molar-refractivity contribution < 1.29 is 19.1 Å². The van der Waals surface area contributed by atoms with Gasteiger partial charge >= 0.3 is 5.97 Å². The van der Waals surface area contributed by atoms with Gasteiger partial charge in [-0.2, -0.15) is 0 Å². The Morgan fingerprint density at radius 3 is 2.38 bits per heavy atom. The van der Waals surface area contributed by atoms with E-state index in [0.29, 0.717) is 22.2 Å². The van der Waals surface area contributed by atoms with E-state index in [2.05, 4.69) is 34.9 Å². The maximum Gasteiger partial charge on any atom is 0.341 e. The highest BCUT2D eigenvalue weighted by Crippen LogP contribution is 2.44. The summed E-state index contributed by atoms with van der Waals surface area (Å²) in [5.41, 5.74) is 4.23. The molecule has 1 aliphatic rings. The van der Waals surface area contributed by atoms with Crippen molar-refractivity contribution in [3.05, 3.63) is 112 Å². The van der Waals surface area contributed by atoms with Gasteiger partial charge in [0.15, 0.2) is 0 Å². The van der Waals surface area contributed by atoms with Crippen molar-refractivity contribution in [3.63, 3.8) is 0 Å². The minimum Gasteiger partial charge on any atom is -0.465 e. The molecule has 0 aliphatic heterocycles. The maximum atomic E-state index is 13.9. The third kappa shape index (κ3) is 6.29. The van der Waals surface area contributed by atoms with Gasteiger partial charge in [0.2, 0.25) is 11.8 Å². The quantitative estimate of drug-likeness (QED) is 0.172. The predicted molar refractivity (Wildman–Crippen MR) is 161 cm³/mol. The van der Waals surface area contributed by atoms with Crippen molar-refractivity contribution in [1.82, 2.24) is 0 Å². The molecule has 0 radical (unpaired) electrons. The summed E-state index contributed by atoms with van der Waals surface area (Å²) in [6.45, 7) is 1.46. The zero-order valence-electron chi connectivity index (χ0n) is 22.3. The highest BCUT2D eigenvalue weighted by Gasteiger charge is 2.32. The smallest absolute Gasteiger partial charge is 0.341 e. The third-order valence-electron chi connectivity index (χ3n) is 6.91. The van der Waals surface area contributed by atoms with Crippen molar-refractivity contribution in [2.24, 2.45) is 0 Å². The van der Waals surface area contributed by atoms with Crippen LogP contribution in [-0.4, -0.2) is 24.9 Å². The van der Waals surface area contributed by atoms with Gasteiger partial charge in [0, 0.05) is 22.4 Å². The summed E-state index contributed by atoms with van der Waals surface area (Å²) < 4.78 is 5.16. The molecule has 3 aromatic carbocycles. The average Bonchev–Trinajstić information content (AvgIpc) is 3.33. The van der Waals surface area contributed by atoms with E-state index in [1.165, 1.54) is 42.7 Å². The monoisotopic (exact) mass is 570 g/mol. The molecule has 0 spiro atoms. The lowest BCUT2D eigenvalue weighted by molar-refractivity contribution is -0.116. The van der Waals surface area contributed by atoms with Crippen LogP contribution in [0.3, 0.4) is 0 Å². The summed E-state index contributed by atoms with van der Waals surface area (Å²) >= 11 is 2.86. The Labute approximate surface area is 242 Å². The lowest BCUT2D eigenvalue weighted by Crippen LogP contribution is -2.20. The van der Waals surface area contributed by atoms with E-state index in [9.17, 15) is 14.4 Å². The van der Waals surface area contributed by atoms with E-state index < -0.39 is 11.2 Å². The Morgan fingerprint density at radius 1 is 0.950 bits per heavy atom. The Hall–Kier alpha value is -3.88. The highest BCUT2D eigenvalue weighted by molar-refractivity contribution is 8.00. The zero-order chi connectivity index (χ0) is 28.1. The number of fused-ring (bicyclic) bond motifs is 1. The molecule has 1 aliphatic carbocycles. The summed E-state index contributed by atoms with van der Waals surface area (Å²) in [4.78, 5) is 40.3. The van der Waals surface area contributed by atoms with Gasteiger partial charge in [-0.3, -0.25) is 9.59 Å². The molecule has 2 unspecified atom stereocenters. The molecule has 8 heteroatoms. The molecule has 6 nitrogen and oxygen atoms in total. The summed E-state index contributed by atoms with van der Waals surface area (Å²) in [5.74, 6) is -0.460. The van der Waals surface area contributed by atoms with Crippen LogP contribution in [-0.2, 0) is 27.2 Å². The lowest BCUT2D eigenvalue weighted by Gasteiger charge is -2.22. The Kier molecular flexibility index (Phi) is 8.67. The van der Waals surface area contributed by atoms with Crippen LogP contribution in [0.4, 0.5) is 10.7 Å². The van der Waals surface area contributed by atoms with Crippen LogP contribution in [0, 0.1) is 0 Å². The van der Waals surface area contributed by atoms with Gasteiger partial charge in [-0.15, -0.1) is 23.1 Å². The van der Waals surface area contributed by atoms with Crippen LogP contribution in [0.25, 0.3) is 0 Å². The number of amides is 2. The number of anilines is 2. The van der Waals surface area contributed by atoms with Crippen LogP contribution >= 0.6 is 23.1 Å². The summed E-state index contributed by atoms with van der Waals surface area (Å²) in [6, 6.07) is 27.4. The molecular weight excluding hydrogens is 540 g/mol. The Balaban J connectivity index is 1.44. The molecule has 5 rings (SSSR count). The fourth-order valence-electron chi connectivity index (χ4n) is 5.07. The van der Waals surface area contributed by atoms with Crippen molar-refractivity contribution in [2.45, 2.75) is 42.2 Å². The number of methoxy groups -OCH3 is 1. The number of esters is 1. The minimum absolute atomic E-state index is 0.161. The number of thiophene rings is 1. The van der Waals surface area contributed by atoms with Crippen LogP contribution in [0.5, 0.6) is 0 Å². The van der Waals surface area contributed by atoms with E-state index in [1.807, 2.05) is 60.7 Å². The lowest BCUT2D eigenvalue weighted by atomic mass is 9.83. The fraction of sp³-hybridized carbons (Fsp3) is 0.219. The van der Waals surface area contributed by atoms with Gasteiger partial charge in [0.1, 0.15) is 10.3 Å². The van der Waals surface area contributed by atoms with Gasteiger partial charge in [0.05, 0.1) is 12.7 Å². The van der Waals surface area contributed by atoms with Gasteiger partial charge in [-0.05, 0) is 60.1 Å². The highest BCUT2D eigenvalue weighted by atomic mass is 32.2. The van der Waals surface area contributed by atoms with Crippen LogP contribution in [0.1, 0.15) is 56.4 Å². The zero-order valence-corrected chi connectivity index (χ0v) is 23.9. The first kappa shape index (κ1) is 27.7. The van der Waals surface area contributed by atoms with Crippen molar-refractivity contribution in [3.8, 4) is 0 Å². The molecule has 4 aromatic rings. The standard InChI is InChI=1S/C32H30N2O4S2/c1-20(35)33-24-14-9-15-25(19-24)39-29(22-12-7-4-8-13-22)30(36)34-31-28(32(37)38-2)26-17-16-23(18-27(26)40-31)21-10-5-3-6-11-21/h3-15,19,23,29H,16-18H2,1-2H3,(H,33,35)(H,34,36). The van der Waals surface area contributed by atoms with Gasteiger partial charge in [-0.25, -0.2) is 4.79 Å². The summed E-state index contributed by atoms with van der Waals surface area (Å²) in [5, 5.41) is 5.83. The van der Waals surface area contributed by atoms with Crippen molar-refractivity contribution in [1.29, 1.82) is 0 Å². The van der Waals surface area contributed by atoms with Gasteiger partial charge < -0.3 is 15.4 Å². The van der Waals surface area contributed by atoms with E-state index in [-0.39, 0.29) is 11.8 Å². The van der Waals surface area contributed by atoms with Crippen molar-refractivity contribution in [2.75, 3.05) is 17.7 Å². The Bertz CT molecular complexity index is 1520. The van der Waals surface area contributed by atoms with E-state index in [1.54, 1.807) is 0 Å². The number of ether oxygens (including phenoxy) is 1. The normalized spacial score (nSPS) is 15.0. The van der Waals surface area contributed by atoms with Crippen LogP contribution < -0.4 is 10.6 Å². The summed E-state index contributed by atoms with van der Waals surface area (Å²) in [7, 11) is 1.37. The number of nitrogens with one attached hydrogen (secondary N) is 2. The second-order valence-electron chi connectivity index (χ2n) is 9.66. The first-order valence-corrected chi connectivity index (χ1v) is 14.8. The first-order valence-electron chi connectivity index (χ1n) is 13.1. The molecule has 0 saturated heterocycles. The van der Waals surface area contributed by atoms with E-state index in [0.717, 1.165) is 40.2 Å². The molecule has 204 valence electrons. The molecule has 0 bridgehead atoms. The first-order chi connectivity index (χ1) is 19.4. The number of carbonyl (C=O) groups is 3. The number of rotatable bonds is 8.